The van der Waals surface area contributed by atoms with E-state index in [0.717, 1.165) is 24.9 Å². The molecular formula is C22H35FIN3O3. The maximum Gasteiger partial charge on any atom is 0.191 e. The zero-order valence-electron chi connectivity index (χ0n) is 18.0. The van der Waals surface area contributed by atoms with Crippen LogP contribution in [0.25, 0.3) is 0 Å². The number of aliphatic imine (C=N–C) groups is 1. The van der Waals surface area contributed by atoms with Gasteiger partial charge in [-0.1, -0.05) is 6.07 Å². The summed E-state index contributed by atoms with van der Waals surface area (Å²) in [7, 11) is 0. The Kier molecular flexibility index (Phi) is 10.1. The lowest BCUT2D eigenvalue weighted by Crippen LogP contribution is -2.41. The number of ether oxygens (including phenoxy) is 2. The zero-order valence-corrected chi connectivity index (χ0v) is 20.3. The SMILES string of the molecule is CCNC(=NCC1(CO)CCOCC1)NC(C)c1ccc(OCC2CC2)c(F)c1.I. The molecule has 0 bridgehead atoms. The fraction of sp³-hybridized carbons (Fsp3) is 0.682. The number of halogens is 2. The van der Waals surface area contributed by atoms with Crippen LogP contribution in [0.2, 0.25) is 0 Å². The number of aliphatic hydroxyl groups is 1. The standard InChI is InChI=1S/C22H34FN3O3.HI/c1-3-24-21(25-14-22(15-27)8-10-28-11-9-22)26-16(2)18-6-7-20(19(23)12-18)29-13-17-4-5-17;/h6-7,12,16-17,27H,3-5,8-11,13-15H2,1-2H3,(H2,24,25,26);1H. The highest BCUT2D eigenvalue weighted by atomic mass is 127. The van der Waals surface area contributed by atoms with Crippen LogP contribution in [0.15, 0.2) is 23.2 Å². The Morgan fingerprint density at radius 1 is 1.37 bits per heavy atom. The molecule has 1 unspecified atom stereocenters. The fourth-order valence-electron chi connectivity index (χ4n) is 3.42. The Morgan fingerprint density at radius 2 is 2.10 bits per heavy atom. The van der Waals surface area contributed by atoms with Gasteiger partial charge in [0.25, 0.3) is 0 Å². The van der Waals surface area contributed by atoms with Crippen molar-refractivity contribution >= 4 is 29.9 Å². The van der Waals surface area contributed by atoms with Crippen LogP contribution in [0.4, 0.5) is 4.39 Å². The highest BCUT2D eigenvalue weighted by molar-refractivity contribution is 14.0. The largest absolute Gasteiger partial charge is 0.490 e. The molecule has 0 radical (unpaired) electrons. The van der Waals surface area contributed by atoms with E-state index in [9.17, 15) is 9.50 Å². The van der Waals surface area contributed by atoms with Gasteiger partial charge in [0, 0.05) is 25.2 Å². The van der Waals surface area contributed by atoms with E-state index in [4.69, 9.17) is 14.5 Å². The second-order valence-corrected chi connectivity index (χ2v) is 8.28. The highest BCUT2D eigenvalue weighted by Gasteiger charge is 2.32. The summed E-state index contributed by atoms with van der Waals surface area (Å²) in [6.07, 6.45) is 3.96. The second kappa shape index (κ2) is 12.0. The van der Waals surface area contributed by atoms with Crippen LogP contribution in [0.5, 0.6) is 5.75 Å². The Balaban J connectivity index is 0.00000320. The Hall–Kier alpha value is -1.13. The molecule has 2 fully saturated rings. The van der Waals surface area contributed by atoms with E-state index < -0.39 is 0 Å². The summed E-state index contributed by atoms with van der Waals surface area (Å²) in [6, 6.07) is 5.00. The van der Waals surface area contributed by atoms with E-state index in [1.54, 1.807) is 6.07 Å². The van der Waals surface area contributed by atoms with E-state index in [-0.39, 0.29) is 47.9 Å². The van der Waals surface area contributed by atoms with Crippen molar-refractivity contribution in [2.75, 3.05) is 39.5 Å². The second-order valence-electron chi connectivity index (χ2n) is 8.28. The van der Waals surface area contributed by atoms with Gasteiger partial charge in [-0.3, -0.25) is 4.99 Å². The van der Waals surface area contributed by atoms with Gasteiger partial charge >= 0.3 is 0 Å². The summed E-state index contributed by atoms with van der Waals surface area (Å²) >= 11 is 0. The quantitative estimate of drug-likeness (QED) is 0.256. The number of hydrogen-bond acceptors (Lipinski definition) is 4. The topological polar surface area (TPSA) is 75.1 Å². The Morgan fingerprint density at radius 3 is 2.70 bits per heavy atom. The van der Waals surface area contributed by atoms with Gasteiger partial charge in [-0.2, -0.15) is 0 Å². The normalized spacial score (nSPS) is 19.5. The number of aliphatic hydroxyl groups excluding tert-OH is 1. The van der Waals surface area contributed by atoms with Crippen LogP contribution in [-0.4, -0.2) is 50.6 Å². The monoisotopic (exact) mass is 535 g/mol. The predicted octanol–water partition coefficient (Wildman–Crippen LogP) is 3.64. The van der Waals surface area contributed by atoms with Crippen molar-refractivity contribution in [1.82, 2.24) is 10.6 Å². The minimum Gasteiger partial charge on any atom is -0.490 e. The lowest BCUT2D eigenvalue weighted by molar-refractivity contribution is -0.0106. The number of rotatable bonds is 9. The lowest BCUT2D eigenvalue weighted by Gasteiger charge is -2.34. The molecule has 1 saturated heterocycles. The van der Waals surface area contributed by atoms with Crippen LogP contribution >= 0.6 is 24.0 Å². The fourth-order valence-corrected chi connectivity index (χ4v) is 3.42. The molecule has 8 heteroatoms. The average molecular weight is 535 g/mol. The molecule has 1 saturated carbocycles. The van der Waals surface area contributed by atoms with Crippen molar-refractivity contribution in [3.63, 3.8) is 0 Å². The summed E-state index contributed by atoms with van der Waals surface area (Å²) < 4.78 is 25.4. The predicted molar refractivity (Wildman–Crippen MR) is 127 cm³/mol. The molecule has 1 aliphatic heterocycles. The number of nitrogens with one attached hydrogen (secondary N) is 2. The molecule has 30 heavy (non-hydrogen) atoms. The number of nitrogens with zero attached hydrogens (tertiary/aromatic N) is 1. The van der Waals surface area contributed by atoms with Crippen molar-refractivity contribution in [3.05, 3.63) is 29.6 Å². The van der Waals surface area contributed by atoms with Gasteiger partial charge in [-0.15, -0.1) is 24.0 Å². The summed E-state index contributed by atoms with van der Waals surface area (Å²) in [4.78, 5) is 4.70. The van der Waals surface area contributed by atoms with Gasteiger partial charge in [0.1, 0.15) is 0 Å². The van der Waals surface area contributed by atoms with Gasteiger partial charge in [0.15, 0.2) is 17.5 Å². The maximum atomic E-state index is 14.4. The number of hydrogen-bond donors (Lipinski definition) is 3. The molecule has 3 rings (SSSR count). The summed E-state index contributed by atoms with van der Waals surface area (Å²) in [6.45, 7) is 7.23. The molecule has 0 amide bonds. The Labute approximate surface area is 196 Å². The minimum atomic E-state index is -0.333. The first-order valence-electron chi connectivity index (χ1n) is 10.7. The smallest absolute Gasteiger partial charge is 0.191 e. The minimum absolute atomic E-state index is 0. The molecule has 6 nitrogen and oxygen atoms in total. The first kappa shape index (κ1) is 25.1. The van der Waals surface area contributed by atoms with Gasteiger partial charge in [-0.05, 0) is 63.1 Å². The molecule has 1 aliphatic carbocycles. The molecule has 2 aliphatic rings. The van der Waals surface area contributed by atoms with Crippen molar-refractivity contribution in [2.45, 2.75) is 45.6 Å². The van der Waals surface area contributed by atoms with Crippen LogP contribution in [-0.2, 0) is 4.74 Å². The van der Waals surface area contributed by atoms with Gasteiger partial charge in [0.05, 0.1) is 25.8 Å². The molecule has 1 aromatic carbocycles. The van der Waals surface area contributed by atoms with Crippen LogP contribution in [0.1, 0.15) is 51.1 Å². The molecule has 1 aromatic rings. The van der Waals surface area contributed by atoms with Crippen molar-refractivity contribution in [2.24, 2.45) is 16.3 Å². The first-order chi connectivity index (χ1) is 14.0. The van der Waals surface area contributed by atoms with Gasteiger partial charge in [-0.25, -0.2) is 4.39 Å². The van der Waals surface area contributed by atoms with Gasteiger partial charge in [0.2, 0.25) is 0 Å². The van der Waals surface area contributed by atoms with E-state index in [2.05, 4.69) is 10.6 Å². The molecule has 1 heterocycles. The van der Waals surface area contributed by atoms with Crippen LogP contribution in [0.3, 0.4) is 0 Å². The van der Waals surface area contributed by atoms with Gasteiger partial charge < -0.3 is 25.2 Å². The zero-order chi connectivity index (χ0) is 20.7. The summed E-state index contributed by atoms with van der Waals surface area (Å²) in [5.74, 6) is 1.23. The van der Waals surface area contributed by atoms with Crippen molar-refractivity contribution < 1.29 is 19.0 Å². The maximum absolute atomic E-state index is 14.4. The molecule has 3 N–H and O–H groups in total. The van der Waals surface area contributed by atoms with E-state index in [1.165, 1.54) is 18.9 Å². The molecular weight excluding hydrogens is 500 g/mol. The van der Waals surface area contributed by atoms with Crippen LogP contribution in [0, 0.1) is 17.2 Å². The van der Waals surface area contributed by atoms with E-state index in [1.807, 2.05) is 19.9 Å². The average Bonchev–Trinajstić information content (AvgIpc) is 3.56. The Bertz CT molecular complexity index is 694. The van der Waals surface area contributed by atoms with Crippen LogP contribution < -0.4 is 15.4 Å². The molecule has 0 aromatic heterocycles. The summed E-state index contributed by atoms with van der Waals surface area (Å²) in [5.41, 5.74) is 0.603. The number of benzene rings is 1. The molecule has 1 atom stereocenters. The number of guanidine groups is 1. The third-order valence-corrected chi connectivity index (χ3v) is 5.79. The molecule has 170 valence electrons. The highest BCUT2D eigenvalue weighted by Crippen LogP contribution is 2.31. The van der Waals surface area contributed by atoms with E-state index >= 15 is 0 Å². The third kappa shape index (κ3) is 7.23. The third-order valence-electron chi connectivity index (χ3n) is 5.79. The van der Waals surface area contributed by atoms with Crippen molar-refractivity contribution in [1.29, 1.82) is 0 Å². The van der Waals surface area contributed by atoms with E-state index in [0.29, 0.717) is 44.0 Å². The lowest BCUT2D eigenvalue weighted by atomic mass is 9.81. The van der Waals surface area contributed by atoms with Crippen molar-refractivity contribution in [3.8, 4) is 5.75 Å². The first-order valence-corrected chi connectivity index (χ1v) is 10.7. The summed E-state index contributed by atoms with van der Waals surface area (Å²) in [5, 5.41) is 16.4. The molecule has 0 spiro atoms.